The van der Waals surface area contributed by atoms with Gasteiger partial charge in [-0.15, -0.1) is 0 Å². The molecule has 0 bridgehead atoms. The molecule has 100 valence electrons. The maximum absolute atomic E-state index is 8.97. The van der Waals surface area contributed by atoms with Gasteiger partial charge in [-0.1, -0.05) is 6.07 Å². The van der Waals surface area contributed by atoms with E-state index in [2.05, 4.69) is 15.4 Å². The highest BCUT2D eigenvalue weighted by molar-refractivity contribution is 5.37. The third kappa shape index (κ3) is 2.61. The summed E-state index contributed by atoms with van der Waals surface area (Å²) in [5.41, 5.74) is 3.42. The maximum Gasteiger partial charge on any atom is 0.126 e. The third-order valence-corrected chi connectivity index (χ3v) is 3.50. The van der Waals surface area contributed by atoms with Crippen molar-refractivity contribution < 1.29 is 5.11 Å². The van der Waals surface area contributed by atoms with E-state index in [0.717, 1.165) is 17.9 Å². The zero-order valence-corrected chi connectivity index (χ0v) is 11.0. The Bertz CT molecular complexity index is 557. The number of rotatable bonds is 5. The van der Waals surface area contributed by atoms with Crippen LogP contribution in [0, 0.1) is 0 Å². The smallest absolute Gasteiger partial charge is 0.126 e. The molecular formula is C14H18N4O. The van der Waals surface area contributed by atoms with Gasteiger partial charge in [0.05, 0.1) is 12.8 Å². The zero-order chi connectivity index (χ0) is 13.2. The Morgan fingerprint density at radius 1 is 1.37 bits per heavy atom. The fourth-order valence-corrected chi connectivity index (χ4v) is 2.32. The quantitative estimate of drug-likeness (QED) is 0.858. The minimum Gasteiger partial charge on any atom is -0.392 e. The number of aliphatic hydroxyl groups is 1. The molecule has 2 N–H and O–H groups in total. The Morgan fingerprint density at radius 2 is 2.21 bits per heavy atom. The number of aryl methyl sites for hydroxylation is 1. The lowest BCUT2D eigenvalue weighted by molar-refractivity contribution is 0.281. The van der Waals surface area contributed by atoms with E-state index in [4.69, 9.17) is 5.11 Å². The van der Waals surface area contributed by atoms with Crippen LogP contribution in [0.5, 0.6) is 0 Å². The standard InChI is InChI=1S/C14H18N4O/c1-18-14(11-3-4-11)12(8-17-18)7-16-13-5-2-10(9-19)6-15-13/h2,5-6,8,11,19H,3-4,7,9H2,1H3,(H,15,16). The van der Waals surface area contributed by atoms with Crippen molar-refractivity contribution in [3.05, 3.63) is 41.3 Å². The summed E-state index contributed by atoms with van der Waals surface area (Å²) in [4.78, 5) is 4.26. The van der Waals surface area contributed by atoms with Gasteiger partial charge in [-0.2, -0.15) is 5.10 Å². The van der Waals surface area contributed by atoms with E-state index in [1.54, 1.807) is 6.20 Å². The van der Waals surface area contributed by atoms with E-state index in [-0.39, 0.29) is 6.61 Å². The predicted octanol–water partition coefficient (Wildman–Crippen LogP) is 1.80. The average Bonchev–Trinajstić information content (AvgIpc) is 3.21. The number of nitrogens with one attached hydrogen (secondary N) is 1. The SMILES string of the molecule is Cn1ncc(CNc2ccc(CO)cn2)c1C1CC1. The lowest BCUT2D eigenvalue weighted by Gasteiger charge is -2.07. The predicted molar refractivity (Wildman–Crippen MR) is 72.7 cm³/mol. The number of hydrogen-bond acceptors (Lipinski definition) is 4. The highest BCUT2D eigenvalue weighted by Gasteiger charge is 2.29. The molecule has 5 nitrogen and oxygen atoms in total. The van der Waals surface area contributed by atoms with Gasteiger partial charge in [-0.05, 0) is 24.5 Å². The maximum atomic E-state index is 8.97. The summed E-state index contributed by atoms with van der Waals surface area (Å²) in [6.45, 7) is 0.771. The fourth-order valence-electron chi connectivity index (χ4n) is 2.32. The molecule has 0 atom stereocenters. The topological polar surface area (TPSA) is 63.0 Å². The minimum atomic E-state index is 0.0295. The number of pyridine rings is 1. The number of anilines is 1. The molecule has 2 heterocycles. The molecule has 1 fully saturated rings. The third-order valence-electron chi connectivity index (χ3n) is 3.50. The van der Waals surface area contributed by atoms with Crippen LogP contribution >= 0.6 is 0 Å². The molecule has 0 radical (unpaired) electrons. The second kappa shape index (κ2) is 5.01. The molecule has 0 spiro atoms. The lowest BCUT2D eigenvalue weighted by Crippen LogP contribution is -2.05. The molecule has 19 heavy (non-hydrogen) atoms. The van der Waals surface area contributed by atoms with Gasteiger partial charge < -0.3 is 10.4 Å². The monoisotopic (exact) mass is 258 g/mol. The zero-order valence-electron chi connectivity index (χ0n) is 11.0. The first kappa shape index (κ1) is 12.2. The molecule has 2 aromatic heterocycles. The van der Waals surface area contributed by atoms with Crippen molar-refractivity contribution in [2.24, 2.45) is 7.05 Å². The van der Waals surface area contributed by atoms with Crippen LogP contribution in [-0.4, -0.2) is 19.9 Å². The van der Waals surface area contributed by atoms with E-state index < -0.39 is 0 Å². The number of aliphatic hydroxyl groups excluding tert-OH is 1. The fraction of sp³-hybridized carbons (Fsp3) is 0.429. The first-order chi connectivity index (χ1) is 9.28. The van der Waals surface area contributed by atoms with Crippen molar-refractivity contribution >= 4 is 5.82 Å². The van der Waals surface area contributed by atoms with Gasteiger partial charge in [0.1, 0.15) is 5.82 Å². The van der Waals surface area contributed by atoms with Crippen LogP contribution in [0.2, 0.25) is 0 Å². The molecule has 3 rings (SSSR count). The summed E-state index contributed by atoms with van der Waals surface area (Å²) >= 11 is 0. The van der Waals surface area contributed by atoms with Crippen LogP contribution in [0.25, 0.3) is 0 Å². The molecule has 0 unspecified atom stereocenters. The summed E-state index contributed by atoms with van der Waals surface area (Å²) in [5.74, 6) is 1.51. The summed E-state index contributed by atoms with van der Waals surface area (Å²) in [7, 11) is 2.01. The Kier molecular flexibility index (Phi) is 3.21. The van der Waals surface area contributed by atoms with E-state index in [0.29, 0.717) is 5.92 Å². The van der Waals surface area contributed by atoms with Crippen LogP contribution in [0.15, 0.2) is 24.5 Å². The molecular weight excluding hydrogens is 240 g/mol. The average molecular weight is 258 g/mol. The van der Waals surface area contributed by atoms with E-state index >= 15 is 0 Å². The molecule has 0 aromatic carbocycles. The van der Waals surface area contributed by atoms with E-state index in [1.807, 2.05) is 30.1 Å². The van der Waals surface area contributed by atoms with Crippen molar-refractivity contribution in [3.8, 4) is 0 Å². The van der Waals surface area contributed by atoms with Gasteiger partial charge in [0.2, 0.25) is 0 Å². The number of aromatic nitrogens is 3. The number of hydrogen-bond donors (Lipinski definition) is 2. The highest BCUT2D eigenvalue weighted by atomic mass is 16.3. The minimum absolute atomic E-state index is 0.0295. The second-order valence-electron chi connectivity index (χ2n) is 5.02. The first-order valence-corrected chi connectivity index (χ1v) is 6.58. The van der Waals surface area contributed by atoms with Gasteiger partial charge in [0.15, 0.2) is 0 Å². The largest absolute Gasteiger partial charge is 0.392 e. The molecule has 5 heteroatoms. The van der Waals surface area contributed by atoms with Crippen molar-refractivity contribution in [2.75, 3.05) is 5.32 Å². The molecule has 1 aliphatic carbocycles. The molecule has 2 aromatic rings. The Morgan fingerprint density at radius 3 is 2.84 bits per heavy atom. The van der Waals surface area contributed by atoms with Gasteiger partial charge in [0.25, 0.3) is 0 Å². The van der Waals surface area contributed by atoms with E-state index in [1.165, 1.54) is 24.1 Å². The molecule has 1 aliphatic rings. The van der Waals surface area contributed by atoms with Gasteiger partial charge in [-0.25, -0.2) is 4.98 Å². The van der Waals surface area contributed by atoms with Gasteiger partial charge in [0, 0.05) is 37.0 Å². The van der Waals surface area contributed by atoms with Crippen molar-refractivity contribution in [1.29, 1.82) is 0 Å². The summed E-state index contributed by atoms with van der Waals surface area (Å²) in [5, 5.41) is 16.6. The molecule has 0 saturated heterocycles. The Hall–Kier alpha value is -1.88. The van der Waals surface area contributed by atoms with Crippen molar-refractivity contribution in [1.82, 2.24) is 14.8 Å². The normalized spacial score (nSPS) is 14.6. The van der Waals surface area contributed by atoms with Gasteiger partial charge >= 0.3 is 0 Å². The second-order valence-corrected chi connectivity index (χ2v) is 5.02. The lowest BCUT2D eigenvalue weighted by atomic mass is 10.2. The van der Waals surface area contributed by atoms with Crippen LogP contribution in [0.4, 0.5) is 5.82 Å². The summed E-state index contributed by atoms with van der Waals surface area (Å²) in [6, 6.07) is 3.76. The Labute approximate surface area is 112 Å². The van der Waals surface area contributed by atoms with Crippen molar-refractivity contribution in [3.63, 3.8) is 0 Å². The molecule has 0 aliphatic heterocycles. The van der Waals surface area contributed by atoms with Crippen LogP contribution in [-0.2, 0) is 20.2 Å². The van der Waals surface area contributed by atoms with Crippen LogP contribution in [0.1, 0.15) is 35.6 Å². The van der Waals surface area contributed by atoms with E-state index in [9.17, 15) is 0 Å². The summed E-state index contributed by atoms with van der Waals surface area (Å²) in [6.07, 6.45) is 6.17. The van der Waals surface area contributed by atoms with Crippen LogP contribution < -0.4 is 5.32 Å². The molecule has 0 amide bonds. The Balaban J connectivity index is 1.68. The van der Waals surface area contributed by atoms with Crippen molar-refractivity contribution in [2.45, 2.75) is 31.9 Å². The summed E-state index contributed by atoms with van der Waals surface area (Å²) < 4.78 is 1.98. The van der Waals surface area contributed by atoms with Gasteiger partial charge in [-0.3, -0.25) is 4.68 Å². The first-order valence-electron chi connectivity index (χ1n) is 6.58. The number of nitrogens with zero attached hydrogens (tertiary/aromatic N) is 3. The van der Waals surface area contributed by atoms with Crippen LogP contribution in [0.3, 0.4) is 0 Å². The highest BCUT2D eigenvalue weighted by Crippen LogP contribution is 2.41. The molecule has 1 saturated carbocycles.